The van der Waals surface area contributed by atoms with Gasteiger partial charge >= 0.3 is 5.76 Å². The SMILES string of the molecule is CCOc1ccccc1NC(=O)Cc1ccc2oc(=O)[nH]c2c1. The maximum absolute atomic E-state index is 12.2. The first-order chi connectivity index (χ1) is 11.2. The van der Waals surface area contributed by atoms with Crippen molar-refractivity contribution in [3.05, 3.63) is 58.6 Å². The van der Waals surface area contributed by atoms with Crippen LogP contribution in [0.2, 0.25) is 0 Å². The number of hydrogen-bond donors (Lipinski definition) is 2. The lowest BCUT2D eigenvalue weighted by atomic mass is 10.1. The van der Waals surface area contributed by atoms with E-state index >= 15 is 0 Å². The third-order valence-corrected chi connectivity index (χ3v) is 3.31. The third kappa shape index (κ3) is 3.42. The molecule has 0 saturated heterocycles. The van der Waals surface area contributed by atoms with Crippen molar-refractivity contribution in [1.29, 1.82) is 0 Å². The van der Waals surface area contributed by atoms with Crippen molar-refractivity contribution >= 4 is 22.7 Å². The fourth-order valence-electron chi connectivity index (χ4n) is 2.34. The number of H-pyrrole nitrogens is 1. The molecule has 1 aromatic heterocycles. The average molecular weight is 312 g/mol. The van der Waals surface area contributed by atoms with Gasteiger partial charge in [0.05, 0.1) is 24.2 Å². The molecule has 0 unspecified atom stereocenters. The van der Waals surface area contributed by atoms with Gasteiger partial charge in [-0.1, -0.05) is 18.2 Å². The Labute approximate surface area is 132 Å². The number of carbonyl (C=O) groups is 1. The zero-order valence-corrected chi connectivity index (χ0v) is 12.6. The minimum atomic E-state index is -0.507. The molecule has 0 saturated carbocycles. The van der Waals surface area contributed by atoms with Gasteiger partial charge in [0, 0.05) is 0 Å². The van der Waals surface area contributed by atoms with Crippen LogP contribution in [0, 0.1) is 0 Å². The van der Waals surface area contributed by atoms with Crippen LogP contribution in [0.15, 0.2) is 51.7 Å². The van der Waals surface area contributed by atoms with Gasteiger partial charge in [-0.25, -0.2) is 4.79 Å². The topological polar surface area (TPSA) is 84.3 Å². The summed E-state index contributed by atoms with van der Waals surface area (Å²) < 4.78 is 10.4. The van der Waals surface area contributed by atoms with E-state index in [0.717, 1.165) is 5.56 Å². The highest BCUT2D eigenvalue weighted by molar-refractivity contribution is 5.94. The Balaban J connectivity index is 1.74. The summed E-state index contributed by atoms with van der Waals surface area (Å²) in [5, 5.41) is 2.84. The van der Waals surface area contributed by atoms with Crippen molar-refractivity contribution < 1.29 is 13.9 Å². The Morgan fingerprint density at radius 2 is 2.09 bits per heavy atom. The highest BCUT2D eigenvalue weighted by atomic mass is 16.5. The van der Waals surface area contributed by atoms with E-state index in [1.165, 1.54) is 0 Å². The van der Waals surface area contributed by atoms with Crippen LogP contribution in [0.5, 0.6) is 5.75 Å². The molecule has 6 heteroatoms. The van der Waals surface area contributed by atoms with E-state index in [4.69, 9.17) is 9.15 Å². The number of benzene rings is 2. The highest BCUT2D eigenvalue weighted by Crippen LogP contribution is 2.24. The summed E-state index contributed by atoms with van der Waals surface area (Å²) >= 11 is 0. The summed E-state index contributed by atoms with van der Waals surface area (Å²) in [6.07, 6.45) is 0.184. The van der Waals surface area contributed by atoms with Crippen LogP contribution in [0.3, 0.4) is 0 Å². The van der Waals surface area contributed by atoms with E-state index in [-0.39, 0.29) is 12.3 Å². The molecule has 1 amide bonds. The lowest BCUT2D eigenvalue weighted by molar-refractivity contribution is -0.115. The van der Waals surface area contributed by atoms with E-state index in [0.29, 0.717) is 29.1 Å². The van der Waals surface area contributed by atoms with Crippen molar-refractivity contribution in [3.63, 3.8) is 0 Å². The van der Waals surface area contributed by atoms with E-state index < -0.39 is 5.76 Å². The second-order valence-electron chi connectivity index (χ2n) is 5.00. The minimum Gasteiger partial charge on any atom is -0.492 e. The molecule has 2 aromatic carbocycles. The Kier molecular flexibility index (Phi) is 4.14. The normalized spacial score (nSPS) is 10.7. The molecule has 3 rings (SSSR count). The van der Waals surface area contributed by atoms with Crippen molar-refractivity contribution in [1.82, 2.24) is 4.98 Å². The van der Waals surface area contributed by atoms with Gasteiger partial charge in [-0.2, -0.15) is 0 Å². The van der Waals surface area contributed by atoms with Gasteiger partial charge in [0.25, 0.3) is 0 Å². The number of ether oxygens (including phenoxy) is 1. The van der Waals surface area contributed by atoms with Crippen molar-refractivity contribution in [2.45, 2.75) is 13.3 Å². The highest BCUT2D eigenvalue weighted by Gasteiger charge is 2.09. The smallest absolute Gasteiger partial charge is 0.417 e. The van der Waals surface area contributed by atoms with Crippen molar-refractivity contribution in [2.24, 2.45) is 0 Å². The maximum Gasteiger partial charge on any atom is 0.417 e. The van der Waals surface area contributed by atoms with E-state index in [1.807, 2.05) is 19.1 Å². The summed E-state index contributed by atoms with van der Waals surface area (Å²) in [4.78, 5) is 25.9. The van der Waals surface area contributed by atoms with Crippen molar-refractivity contribution in [3.8, 4) is 5.75 Å². The molecule has 1 heterocycles. The number of para-hydroxylation sites is 2. The lowest BCUT2D eigenvalue weighted by Gasteiger charge is -2.11. The van der Waals surface area contributed by atoms with Crippen LogP contribution in [0.25, 0.3) is 11.1 Å². The summed E-state index contributed by atoms with van der Waals surface area (Å²) in [6.45, 7) is 2.41. The Morgan fingerprint density at radius 1 is 1.26 bits per heavy atom. The molecule has 2 N–H and O–H groups in total. The van der Waals surface area contributed by atoms with Gasteiger partial charge in [-0.3, -0.25) is 9.78 Å². The number of aromatic nitrogens is 1. The molecule has 3 aromatic rings. The summed E-state index contributed by atoms with van der Waals surface area (Å²) in [7, 11) is 0. The predicted octanol–water partition coefficient (Wildman–Crippen LogP) is 2.70. The molecule has 6 nitrogen and oxygen atoms in total. The first-order valence-electron chi connectivity index (χ1n) is 7.29. The number of aromatic amines is 1. The van der Waals surface area contributed by atoms with Crippen LogP contribution >= 0.6 is 0 Å². The molecule has 0 bridgehead atoms. The minimum absolute atomic E-state index is 0.164. The second-order valence-corrected chi connectivity index (χ2v) is 5.00. The molecule has 0 aliphatic rings. The van der Waals surface area contributed by atoms with Gasteiger partial charge in [-0.05, 0) is 36.8 Å². The summed E-state index contributed by atoms with van der Waals surface area (Å²) in [5.41, 5.74) is 2.47. The fraction of sp³-hybridized carbons (Fsp3) is 0.176. The fourth-order valence-corrected chi connectivity index (χ4v) is 2.34. The Bertz CT molecular complexity index is 895. The van der Waals surface area contributed by atoms with Crippen LogP contribution in [0.1, 0.15) is 12.5 Å². The molecule has 0 spiro atoms. The van der Waals surface area contributed by atoms with Gasteiger partial charge in [-0.15, -0.1) is 0 Å². The van der Waals surface area contributed by atoms with Crippen LogP contribution in [-0.4, -0.2) is 17.5 Å². The number of anilines is 1. The third-order valence-electron chi connectivity index (χ3n) is 3.31. The summed E-state index contributed by atoms with van der Waals surface area (Å²) in [5.74, 6) is -0.0347. The molecular weight excluding hydrogens is 296 g/mol. The van der Waals surface area contributed by atoms with Gasteiger partial charge in [0.15, 0.2) is 5.58 Å². The zero-order chi connectivity index (χ0) is 16.2. The van der Waals surface area contributed by atoms with Crippen LogP contribution in [0.4, 0.5) is 5.69 Å². The van der Waals surface area contributed by atoms with E-state index in [1.54, 1.807) is 30.3 Å². The largest absolute Gasteiger partial charge is 0.492 e. The molecule has 0 atom stereocenters. The molecule has 0 radical (unpaired) electrons. The standard InChI is InChI=1S/C17H16N2O4/c1-2-22-14-6-4-3-5-12(14)18-16(20)10-11-7-8-15-13(9-11)19-17(21)23-15/h3-9H,2,10H2,1H3,(H,18,20)(H,19,21). The Hall–Kier alpha value is -3.02. The van der Waals surface area contributed by atoms with Gasteiger partial charge < -0.3 is 14.5 Å². The molecule has 0 aliphatic heterocycles. The number of oxazole rings is 1. The number of nitrogens with one attached hydrogen (secondary N) is 2. The first-order valence-corrected chi connectivity index (χ1v) is 7.29. The summed E-state index contributed by atoms with van der Waals surface area (Å²) in [6, 6.07) is 12.4. The molecular formula is C17H16N2O4. The maximum atomic E-state index is 12.2. The van der Waals surface area contributed by atoms with Gasteiger partial charge in [0.2, 0.25) is 5.91 Å². The molecule has 0 aliphatic carbocycles. The quantitative estimate of drug-likeness (QED) is 0.758. The van der Waals surface area contributed by atoms with E-state index in [2.05, 4.69) is 10.3 Å². The van der Waals surface area contributed by atoms with Crippen molar-refractivity contribution in [2.75, 3.05) is 11.9 Å². The average Bonchev–Trinajstić information content (AvgIpc) is 2.89. The van der Waals surface area contributed by atoms with Crippen LogP contribution < -0.4 is 15.8 Å². The molecule has 23 heavy (non-hydrogen) atoms. The number of fused-ring (bicyclic) bond motifs is 1. The molecule has 118 valence electrons. The van der Waals surface area contributed by atoms with Gasteiger partial charge in [0.1, 0.15) is 5.75 Å². The zero-order valence-electron chi connectivity index (χ0n) is 12.6. The Morgan fingerprint density at radius 3 is 2.91 bits per heavy atom. The molecule has 0 fully saturated rings. The predicted molar refractivity (Wildman–Crippen MR) is 86.8 cm³/mol. The number of carbonyl (C=O) groups excluding carboxylic acids is 1. The van der Waals surface area contributed by atoms with E-state index in [9.17, 15) is 9.59 Å². The second kappa shape index (κ2) is 6.39. The lowest BCUT2D eigenvalue weighted by Crippen LogP contribution is -2.15. The number of rotatable bonds is 5. The number of hydrogen-bond acceptors (Lipinski definition) is 4. The van der Waals surface area contributed by atoms with Crippen LogP contribution in [-0.2, 0) is 11.2 Å². The monoisotopic (exact) mass is 312 g/mol. The number of amides is 1. The first kappa shape index (κ1) is 14.9.